The summed E-state index contributed by atoms with van der Waals surface area (Å²) in [6, 6.07) is 14.7. The van der Waals surface area contributed by atoms with Crippen molar-refractivity contribution in [2.45, 2.75) is 33.2 Å². The Morgan fingerprint density at radius 2 is 1.86 bits per heavy atom. The Morgan fingerprint density at radius 1 is 1.14 bits per heavy atom. The van der Waals surface area contributed by atoms with Crippen LogP contribution in [0.25, 0.3) is 16.9 Å². The summed E-state index contributed by atoms with van der Waals surface area (Å²) in [6.07, 6.45) is 2.73. The van der Waals surface area contributed by atoms with Crippen molar-refractivity contribution in [3.8, 4) is 16.9 Å². The van der Waals surface area contributed by atoms with E-state index in [4.69, 9.17) is 16.7 Å². The van der Waals surface area contributed by atoms with E-state index in [9.17, 15) is 9.59 Å². The number of aliphatic hydroxyl groups excluding tert-OH is 1. The molecule has 0 aliphatic carbocycles. The molecule has 29 heavy (non-hydrogen) atoms. The molecule has 0 unspecified atom stereocenters. The molecular weight excluding hydrogens is 388 g/mol. The molecule has 1 heterocycles. The molecule has 0 amide bonds. The molecule has 0 fully saturated rings. The zero-order valence-corrected chi connectivity index (χ0v) is 17.4. The first kappa shape index (κ1) is 21.1. The SMILES string of the molecule is CC(C)CC(=O)Cn1c(-c2cccc(Cl)c2)cn(-c2ccc(CCO)cc2)c1=O. The van der Waals surface area contributed by atoms with Crippen LogP contribution in [0.3, 0.4) is 0 Å². The second kappa shape index (κ2) is 9.25. The minimum absolute atomic E-state index is 0.0152. The number of hydrogen-bond acceptors (Lipinski definition) is 3. The van der Waals surface area contributed by atoms with Gasteiger partial charge in [-0.3, -0.25) is 13.9 Å². The van der Waals surface area contributed by atoms with Crippen molar-refractivity contribution in [1.29, 1.82) is 0 Å². The molecule has 2 aromatic carbocycles. The van der Waals surface area contributed by atoms with Crippen LogP contribution in [0.2, 0.25) is 5.02 Å². The number of rotatable bonds is 8. The molecule has 0 spiro atoms. The normalized spacial score (nSPS) is 11.2. The van der Waals surface area contributed by atoms with Crippen LogP contribution in [-0.2, 0) is 17.8 Å². The van der Waals surface area contributed by atoms with E-state index in [1.165, 1.54) is 4.57 Å². The lowest BCUT2D eigenvalue weighted by atomic mass is 10.1. The third kappa shape index (κ3) is 5.05. The van der Waals surface area contributed by atoms with Gasteiger partial charge < -0.3 is 5.11 Å². The van der Waals surface area contributed by atoms with E-state index in [1.54, 1.807) is 22.9 Å². The summed E-state index contributed by atoms with van der Waals surface area (Å²) in [5.74, 6) is 0.246. The first-order valence-corrected chi connectivity index (χ1v) is 10.1. The largest absolute Gasteiger partial charge is 0.396 e. The highest BCUT2D eigenvalue weighted by atomic mass is 35.5. The minimum Gasteiger partial charge on any atom is -0.396 e. The summed E-state index contributed by atoms with van der Waals surface area (Å²) in [4.78, 5) is 25.7. The molecule has 0 aliphatic rings. The van der Waals surface area contributed by atoms with Crippen LogP contribution in [0.15, 0.2) is 59.5 Å². The summed E-state index contributed by atoms with van der Waals surface area (Å²) >= 11 is 6.15. The summed E-state index contributed by atoms with van der Waals surface area (Å²) < 4.78 is 3.06. The highest BCUT2D eigenvalue weighted by Gasteiger charge is 2.17. The van der Waals surface area contributed by atoms with E-state index in [0.717, 1.165) is 11.1 Å². The number of aromatic nitrogens is 2. The molecule has 3 rings (SSSR count). The summed E-state index contributed by atoms with van der Waals surface area (Å²) in [7, 11) is 0. The average Bonchev–Trinajstić information content (AvgIpc) is 2.98. The number of nitrogens with zero attached hydrogens (tertiary/aromatic N) is 2. The van der Waals surface area contributed by atoms with Crippen LogP contribution in [0, 0.1) is 5.92 Å². The van der Waals surface area contributed by atoms with Crippen molar-refractivity contribution in [3.63, 3.8) is 0 Å². The number of hydrogen-bond donors (Lipinski definition) is 1. The number of ketones is 1. The maximum Gasteiger partial charge on any atom is 0.333 e. The van der Waals surface area contributed by atoms with Crippen LogP contribution >= 0.6 is 11.6 Å². The van der Waals surface area contributed by atoms with E-state index in [1.807, 2.05) is 50.2 Å². The monoisotopic (exact) mass is 412 g/mol. The van der Waals surface area contributed by atoms with Gasteiger partial charge in [0.05, 0.1) is 17.9 Å². The molecule has 3 aromatic rings. The molecule has 0 saturated carbocycles. The number of carbonyl (C=O) groups is 1. The molecule has 6 heteroatoms. The van der Waals surface area contributed by atoms with Crippen LogP contribution < -0.4 is 5.69 Å². The predicted octanol–water partition coefficient (Wildman–Crippen LogP) is 4.11. The molecule has 5 nitrogen and oxygen atoms in total. The molecule has 1 aromatic heterocycles. The lowest BCUT2D eigenvalue weighted by Crippen LogP contribution is -2.27. The van der Waals surface area contributed by atoms with Crippen molar-refractivity contribution in [3.05, 3.63) is 75.8 Å². The number of halogens is 1. The molecule has 0 saturated heterocycles. The highest BCUT2D eigenvalue weighted by molar-refractivity contribution is 6.30. The van der Waals surface area contributed by atoms with Crippen molar-refractivity contribution >= 4 is 17.4 Å². The quantitative estimate of drug-likeness (QED) is 0.605. The maximum absolute atomic E-state index is 13.2. The second-order valence-corrected chi connectivity index (χ2v) is 7.98. The highest BCUT2D eigenvalue weighted by Crippen LogP contribution is 2.23. The van der Waals surface area contributed by atoms with E-state index >= 15 is 0 Å². The van der Waals surface area contributed by atoms with Crippen molar-refractivity contribution in [2.75, 3.05) is 6.61 Å². The van der Waals surface area contributed by atoms with Gasteiger partial charge in [0.2, 0.25) is 0 Å². The number of carbonyl (C=O) groups excluding carboxylic acids is 1. The summed E-state index contributed by atoms with van der Waals surface area (Å²) in [6.45, 7) is 4.07. The van der Waals surface area contributed by atoms with E-state index < -0.39 is 0 Å². The molecule has 0 bridgehead atoms. The zero-order chi connectivity index (χ0) is 21.0. The van der Waals surface area contributed by atoms with E-state index in [2.05, 4.69) is 0 Å². The Labute approximate surface area is 175 Å². The smallest absolute Gasteiger partial charge is 0.333 e. The fraction of sp³-hybridized carbons (Fsp3) is 0.304. The maximum atomic E-state index is 13.2. The van der Waals surface area contributed by atoms with Crippen LogP contribution in [0.5, 0.6) is 0 Å². The van der Waals surface area contributed by atoms with E-state index in [-0.39, 0.29) is 30.5 Å². The standard InChI is InChI=1S/C23H25ClN2O3/c1-16(2)12-21(28)14-26-22(18-4-3-5-19(24)13-18)15-25(23(26)29)20-8-6-17(7-9-20)10-11-27/h3-9,13,15-16,27H,10-12,14H2,1-2H3. The van der Waals surface area contributed by atoms with Crippen molar-refractivity contribution < 1.29 is 9.90 Å². The van der Waals surface area contributed by atoms with Crippen LogP contribution in [0.1, 0.15) is 25.8 Å². The van der Waals surface area contributed by atoms with Crippen LogP contribution in [-0.4, -0.2) is 26.6 Å². The van der Waals surface area contributed by atoms with Gasteiger partial charge in [0, 0.05) is 29.8 Å². The first-order valence-electron chi connectivity index (χ1n) is 9.69. The average molecular weight is 413 g/mol. The molecule has 0 atom stereocenters. The Morgan fingerprint density at radius 3 is 2.48 bits per heavy atom. The lowest BCUT2D eigenvalue weighted by Gasteiger charge is -2.08. The third-order valence-electron chi connectivity index (χ3n) is 4.68. The molecule has 0 radical (unpaired) electrons. The van der Waals surface area contributed by atoms with Gasteiger partial charge in [0.1, 0.15) is 0 Å². The first-order chi connectivity index (χ1) is 13.9. The Kier molecular flexibility index (Phi) is 6.72. The zero-order valence-electron chi connectivity index (χ0n) is 16.6. The second-order valence-electron chi connectivity index (χ2n) is 7.54. The number of Topliss-reactive ketones (excluding diaryl/α,β-unsaturated/α-hetero) is 1. The third-order valence-corrected chi connectivity index (χ3v) is 4.92. The van der Waals surface area contributed by atoms with Gasteiger partial charge >= 0.3 is 5.69 Å². The van der Waals surface area contributed by atoms with Gasteiger partial charge in [-0.25, -0.2) is 4.79 Å². The molecule has 152 valence electrons. The summed E-state index contributed by atoms with van der Waals surface area (Å²) in [5.41, 5.74) is 2.85. The summed E-state index contributed by atoms with van der Waals surface area (Å²) in [5, 5.41) is 9.65. The molecular formula is C23H25ClN2O3. The van der Waals surface area contributed by atoms with Gasteiger partial charge in [0.15, 0.2) is 5.78 Å². The van der Waals surface area contributed by atoms with Crippen molar-refractivity contribution in [2.24, 2.45) is 5.92 Å². The fourth-order valence-corrected chi connectivity index (χ4v) is 3.54. The van der Waals surface area contributed by atoms with Crippen molar-refractivity contribution in [1.82, 2.24) is 9.13 Å². The topological polar surface area (TPSA) is 64.2 Å². The number of aliphatic hydroxyl groups is 1. The molecule has 0 aliphatic heterocycles. The Bertz CT molecular complexity index is 1050. The Hall–Kier alpha value is -2.63. The van der Waals surface area contributed by atoms with Gasteiger partial charge in [-0.1, -0.05) is 49.7 Å². The number of imidazole rings is 1. The lowest BCUT2D eigenvalue weighted by molar-refractivity contribution is -0.120. The molecule has 1 N–H and O–H groups in total. The van der Waals surface area contributed by atoms with Crippen LogP contribution in [0.4, 0.5) is 0 Å². The minimum atomic E-state index is -0.271. The number of benzene rings is 2. The predicted molar refractivity (Wildman–Crippen MR) is 116 cm³/mol. The van der Waals surface area contributed by atoms with E-state index in [0.29, 0.717) is 29.2 Å². The fourth-order valence-electron chi connectivity index (χ4n) is 3.34. The Balaban J connectivity index is 2.07. The van der Waals surface area contributed by atoms with Gasteiger partial charge in [-0.2, -0.15) is 0 Å². The van der Waals surface area contributed by atoms with Gasteiger partial charge in [-0.05, 0) is 42.2 Å². The van der Waals surface area contributed by atoms with Gasteiger partial charge in [-0.15, -0.1) is 0 Å². The van der Waals surface area contributed by atoms with Gasteiger partial charge in [0.25, 0.3) is 0 Å².